The molecular formula is C17H22ClN5O. The van der Waals surface area contributed by atoms with Crippen molar-refractivity contribution in [3.05, 3.63) is 47.5 Å². The number of amides is 1. The zero-order valence-electron chi connectivity index (χ0n) is 13.8. The summed E-state index contributed by atoms with van der Waals surface area (Å²) < 4.78 is 1.69. The third-order valence-electron chi connectivity index (χ3n) is 4.59. The predicted octanol–water partition coefficient (Wildman–Crippen LogP) is 2.23. The van der Waals surface area contributed by atoms with E-state index in [4.69, 9.17) is 11.6 Å². The highest BCUT2D eigenvalue weighted by atomic mass is 35.5. The molecule has 1 saturated heterocycles. The zero-order chi connectivity index (χ0) is 16.9. The zero-order valence-corrected chi connectivity index (χ0v) is 14.6. The van der Waals surface area contributed by atoms with Gasteiger partial charge in [0.05, 0.1) is 6.54 Å². The van der Waals surface area contributed by atoms with Crippen LogP contribution in [0, 0.1) is 0 Å². The van der Waals surface area contributed by atoms with Crippen LogP contribution < -0.4 is 0 Å². The predicted molar refractivity (Wildman–Crippen MR) is 92.7 cm³/mol. The van der Waals surface area contributed by atoms with E-state index in [1.54, 1.807) is 11.0 Å². The second-order valence-corrected chi connectivity index (χ2v) is 6.43. The van der Waals surface area contributed by atoms with Crippen LogP contribution in [-0.2, 0) is 11.3 Å². The third-order valence-corrected chi connectivity index (χ3v) is 4.94. The molecule has 3 rings (SSSR count). The van der Waals surface area contributed by atoms with E-state index in [0.717, 1.165) is 36.8 Å². The monoisotopic (exact) mass is 347 g/mol. The molecule has 1 atom stereocenters. The van der Waals surface area contributed by atoms with Crippen LogP contribution in [0.2, 0.25) is 5.02 Å². The van der Waals surface area contributed by atoms with Crippen molar-refractivity contribution in [2.24, 2.45) is 0 Å². The standard InChI is InChI=1S/C17H22ClN5O/c1-14(15-4-2-3-5-16(15)18)21-8-10-22(11-9-21)17(24)6-7-23-13-19-12-20-23/h2-5,12-14H,6-11H2,1H3. The van der Waals surface area contributed by atoms with Gasteiger partial charge in [-0.2, -0.15) is 5.10 Å². The largest absolute Gasteiger partial charge is 0.340 e. The van der Waals surface area contributed by atoms with Crippen LogP contribution >= 0.6 is 11.6 Å². The molecule has 24 heavy (non-hydrogen) atoms. The van der Waals surface area contributed by atoms with Gasteiger partial charge in [-0.3, -0.25) is 14.4 Å². The van der Waals surface area contributed by atoms with Crippen molar-refractivity contribution in [2.45, 2.75) is 25.9 Å². The minimum absolute atomic E-state index is 0.176. The van der Waals surface area contributed by atoms with E-state index in [9.17, 15) is 4.79 Å². The molecule has 1 aliphatic rings. The van der Waals surface area contributed by atoms with Crippen molar-refractivity contribution in [3.8, 4) is 0 Å². The van der Waals surface area contributed by atoms with Gasteiger partial charge in [0, 0.05) is 43.7 Å². The van der Waals surface area contributed by atoms with Gasteiger partial charge < -0.3 is 4.90 Å². The Morgan fingerprint density at radius 2 is 2.00 bits per heavy atom. The summed E-state index contributed by atoms with van der Waals surface area (Å²) in [5.41, 5.74) is 1.14. The minimum atomic E-state index is 0.176. The van der Waals surface area contributed by atoms with E-state index in [-0.39, 0.29) is 11.9 Å². The molecule has 0 N–H and O–H groups in total. The van der Waals surface area contributed by atoms with Gasteiger partial charge in [-0.15, -0.1) is 0 Å². The number of hydrogen-bond donors (Lipinski definition) is 0. The number of hydrogen-bond acceptors (Lipinski definition) is 4. The molecule has 1 aromatic heterocycles. The van der Waals surface area contributed by atoms with Crippen LogP contribution in [0.25, 0.3) is 0 Å². The molecule has 1 aromatic carbocycles. The van der Waals surface area contributed by atoms with Gasteiger partial charge in [-0.25, -0.2) is 4.98 Å². The van der Waals surface area contributed by atoms with Gasteiger partial charge in [0.2, 0.25) is 5.91 Å². The van der Waals surface area contributed by atoms with Crippen LogP contribution in [0.3, 0.4) is 0 Å². The summed E-state index contributed by atoms with van der Waals surface area (Å²) in [6.45, 7) is 5.98. The fourth-order valence-corrected chi connectivity index (χ4v) is 3.38. The SMILES string of the molecule is CC(c1ccccc1Cl)N1CCN(C(=O)CCn2cncn2)CC1. The van der Waals surface area contributed by atoms with Crippen molar-refractivity contribution in [3.63, 3.8) is 0 Å². The Bertz CT molecular complexity index is 667. The highest BCUT2D eigenvalue weighted by Crippen LogP contribution is 2.27. The smallest absolute Gasteiger partial charge is 0.224 e. The fraction of sp³-hybridized carbons (Fsp3) is 0.471. The second-order valence-electron chi connectivity index (χ2n) is 6.02. The molecule has 2 aromatic rings. The van der Waals surface area contributed by atoms with Crippen LogP contribution in [0.4, 0.5) is 0 Å². The number of nitrogens with zero attached hydrogens (tertiary/aromatic N) is 5. The summed E-state index contributed by atoms with van der Waals surface area (Å²) in [5, 5.41) is 4.83. The number of benzene rings is 1. The van der Waals surface area contributed by atoms with Crippen LogP contribution in [-0.4, -0.2) is 56.7 Å². The van der Waals surface area contributed by atoms with Crippen LogP contribution in [0.15, 0.2) is 36.9 Å². The van der Waals surface area contributed by atoms with E-state index in [2.05, 4.69) is 28.0 Å². The summed E-state index contributed by atoms with van der Waals surface area (Å²) in [5.74, 6) is 0.176. The van der Waals surface area contributed by atoms with Gasteiger partial charge in [-0.1, -0.05) is 29.8 Å². The summed E-state index contributed by atoms with van der Waals surface area (Å²) in [6.07, 6.45) is 3.58. The van der Waals surface area contributed by atoms with Crippen molar-refractivity contribution < 1.29 is 4.79 Å². The fourth-order valence-electron chi connectivity index (χ4n) is 3.09. The molecule has 0 aliphatic carbocycles. The number of halogens is 1. The van der Waals surface area contributed by atoms with Crippen molar-refractivity contribution in [1.82, 2.24) is 24.6 Å². The number of aryl methyl sites for hydroxylation is 1. The normalized spacial score (nSPS) is 17.0. The molecule has 0 radical (unpaired) electrons. The number of carbonyl (C=O) groups excluding carboxylic acids is 1. The topological polar surface area (TPSA) is 54.3 Å². The van der Waals surface area contributed by atoms with E-state index in [0.29, 0.717) is 13.0 Å². The molecule has 0 saturated carbocycles. The van der Waals surface area contributed by atoms with Crippen molar-refractivity contribution >= 4 is 17.5 Å². The molecular weight excluding hydrogens is 326 g/mol. The van der Waals surface area contributed by atoms with Gasteiger partial charge in [0.1, 0.15) is 12.7 Å². The number of rotatable bonds is 5. The lowest BCUT2D eigenvalue weighted by molar-refractivity contribution is -0.133. The van der Waals surface area contributed by atoms with Gasteiger partial charge in [0.15, 0.2) is 0 Å². The summed E-state index contributed by atoms with van der Waals surface area (Å²) in [6, 6.07) is 8.22. The number of piperazine rings is 1. The Kier molecular flexibility index (Phi) is 5.48. The number of carbonyl (C=O) groups is 1. The lowest BCUT2D eigenvalue weighted by Gasteiger charge is -2.38. The average molecular weight is 348 g/mol. The Labute approximate surface area is 147 Å². The molecule has 7 heteroatoms. The Morgan fingerprint density at radius 1 is 1.25 bits per heavy atom. The van der Waals surface area contributed by atoms with E-state index in [1.807, 2.05) is 23.1 Å². The molecule has 1 amide bonds. The first-order valence-corrected chi connectivity index (χ1v) is 8.61. The highest BCUT2D eigenvalue weighted by molar-refractivity contribution is 6.31. The van der Waals surface area contributed by atoms with Crippen molar-refractivity contribution in [1.29, 1.82) is 0 Å². The molecule has 1 fully saturated rings. The number of aromatic nitrogens is 3. The molecule has 2 heterocycles. The summed E-state index contributed by atoms with van der Waals surface area (Å²) >= 11 is 6.30. The first-order chi connectivity index (χ1) is 11.6. The van der Waals surface area contributed by atoms with Gasteiger partial charge >= 0.3 is 0 Å². The third kappa shape index (κ3) is 3.94. The maximum atomic E-state index is 12.3. The van der Waals surface area contributed by atoms with E-state index in [1.165, 1.54) is 6.33 Å². The maximum absolute atomic E-state index is 12.3. The quantitative estimate of drug-likeness (QED) is 0.832. The minimum Gasteiger partial charge on any atom is -0.340 e. The average Bonchev–Trinajstić information content (AvgIpc) is 3.13. The lowest BCUT2D eigenvalue weighted by Crippen LogP contribution is -2.49. The molecule has 6 nitrogen and oxygen atoms in total. The molecule has 1 aliphatic heterocycles. The molecule has 0 spiro atoms. The van der Waals surface area contributed by atoms with Crippen molar-refractivity contribution in [2.75, 3.05) is 26.2 Å². The Balaban J connectivity index is 1.50. The van der Waals surface area contributed by atoms with E-state index >= 15 is 0 Å². The first kappa shape index (κ1) is 16.9. The first-order valence-electron chi connectivity index (χ1n) is 8.24. The maximum Gasteiger partial charge on any atom is 0.224 e. The summed E-state index contributed by atoms with van der Waals surface area (Å²) in [4.78, 5) is 20.5. The highest BCUT2D eigenvalue weighted by Gasteiger charge is 2.25. The van der Waals surface area contributed by atoms with Crippen LogP contribution in [0.5, 0.6) is 0 Å². The van der Waals surface area contributed by atoms with Crippen LogP contribution in [0.1, 0.15) is 24.9 Å². The molecule has 0 bridgehead atoms. The molecule has 128 valence electrons. The second kappa shape index (κ2) is 7.77. The van der Waals surface area contributed by atoms with Gasteiger partial charge in [-0.05, 0) is 18.6 Å². The Hall–Kier alpha value is -1.92. The molecule has 1 unspecified atom stereocenters. The lowest BCUT2D eigenvalue weighted by atomic mass is 10.1. The Morgan fingerprint density at radius 3 is 2.67 bits per heavy atom. The van der Waals surface area contributed by atoms with E-state index < -0.39 is 0 Å². The summed E-state index contributed by atoms with van der Waals surface area (Å²) in [7, 11) is 0. The van der Waals surface area contributed by atoms with Gasteiger partial charge in [0.25, 0.3) is 0 Å².